The quantitative estimate of drug-likeness (QED) is 0.524. The van der Waals surface area contributed by atoms with Crippen LogP contribution in [0.1, 0.15) is 6.42 Å². The van der Waals surface area contributed by atoms with Crippen LogP contribution >= 0.6 is 0 Å². The number of aliphatic carboxylic acids is 1. The van der Waals surface area contributed by atoms with Gasteiger partial charge in [0.25, 0.3) is 0 Å². The molecule has 1 fully saturated rings. The highest BCUT2D eigenvalue weighted by Crippen LogP contribution is 2.68. The van der Waals surface area contributed by atoms with Gasteiger partial charge in [0.1, 0.15) is 11.7 Å². The summed E-state index contributed by atoms with van der Waals surface area (Å²) in [4.78, 5) is 33.3. The summed E-state index contributed by atoms with van der Waals surface area (Å²) >= 11 is 0. The number of methoxy groups -OCH3 is 1. The van der Waals surface area contributed by atoms with E-state index in [1.165, 1.54) is 13.2 Å². The summed E-state index contributed by atoms with van der Waals surface area (Å²) in [6.45, 7) is 0. The molecule has 5 nitrogen and oxygen atoms in total. The van der Waals surface area contributed by atoms with Crippen LogP contribution in [0.15, 0.2) is 11.6 Å². The molecule has 1 saturated carbocycles. The number of rotatable bonds is 3. The third kappa shape index (κ3) is 0.948. The number of carbonyl (C=O) groups is 3. The van der Waals surface area contributed by atoms with Crippen LogP contribution < -0.4 is 0 Å². The van der Waals surface area contributed by atoms with Crippen molar-refractivity contribution in [2.24, 2.45) is 17.3 Å². The Hall–Kier alpha value is -1.65. The van der Waals surface area contributed by atoms with Gasteiger partial charge >= 0.3 is 11.9 Å². The summed E-state index contributed by atoms with van der Waals surface area (Å²) < 4.78 is 4.59. The fourth-order valence-electron chi connectivity index (χ4n) is 2.65. The lowest BCUT2D eigenvalue weighted by molar-refractivity contribution is -0.149. The first kappa shape index (κ1) is 9.89. The Labute approximate surface area is 85.7 Å². The minimum Gasteiger partial charge on any atom is -0.478 e. The molecule has 1 N–H and O–H groups in total. The van der Waals surface area contributed by atoms with Crippen molar-refractivity contribution in [1.82, 2.24) is 0 Å². The molecule has 0 radical (unpaired) electrons. The molecule has 1 unspecified atom stereocenters. The van der Waals surface area contributed by atoms with Crippen molar-refractivity contribution in [1.29, 1.82) is 0 Å². The Morgan fingerprint density at radius 2 is 2.33 bits per heavy atom. The third-order valence-electron chi connectivity index (χ3n) is 3.36. The molecule has 0 spiro atoms. The summed E-state index contributed by atoms with van der Waals surface area (Å²) in [6.07, 6.45) is 2.61. The second-order valence-electron chi connectivity index (χ2n) is 3.79. The third-order valence-corrected chi connectivity index (χ3v) is 3.36. The van der Waals surface area contributed by atoms with E-state index in [1.807, 2.05) is 0 Å². The molecule has 0 aromatic heterocycles. The average molecular weight is 210 g/mol. The first-order valence-electron chi connectivity index (χ1n) is 4.58. The first-order chi connectivity index (χ1) is 7.10. The van der Waals surface area contributed by atoms with Crippen LogP contribution in [0.25, 0.3) is 0 Å². The van der Waals surface area contributed by atoms with Crippen molar-refractivity contribution in [3.8, 4) is 0 Å². The maximum absolute atomic E-state index is 11.6. The molecule has 0 saturated heterocycles. The summed E-state index contributed by atoms with van der Waals surface area (Å²) in [6, 6.07) is 0. The largest absolute Gasteiger partial charge is 0.478 e. The minimum absolute atomic E-state index is 0.0106. The van der Waals surface area contributed by atoms with E-state index in [-0.39, 0.29) is 11.5 Å². The van der Waals surface area contributed by atoms with Crippen LogP contribution in [0.4, 0.5) is 0 Å². The smallest absolute Gasteiger partial charge is 0.332 e. The van der Waals surface area contributed by atoms with Gasteiger partial charge in [-0.2, -0.15) is 0 Å². The van der Waals surface area contributed by atoms with Crippen LogP contribution in [0, 0.1) is 17.3 Å². The minimum atomic E-state index is -1.19. The van der Waals surface area contributed by atoms with Crippen LogP contribution in [-0.4, -0.2) is 30.4 Å². The molecule has 15 heavy (non-hydrogen) atoms. The maximum Gasteiger partial charge on any atom is 0.332 e. The van der Waals surface area contributed by atoms with E-state index >= 15 is 0 Å². The zero-order valence-corrected chi connectivity index (χ0v) is 8.10. The van der Waals surface area contributed by atoms with E-state index in [0.717, 1.165) is 0 Å². The highest BCUT2D eigenvalue weighted by atomic mass is 16.5. The summed E-state index contributed by atoms with van der Waals surface area (Å²) in [5.74, 6) is -2.50. The topological polar surface area (TPSA) is 80.7 Å². The fourth-order valence-corrected chi connectivity index (χ4v) is 2.65. The Bertz CT molecular complexity index is 383. The molecule has 0 bridgehead atoms. The molecule has 80 valence electrons. The predicted molar refractivity (Wildman–Crippen MR) is 47.8 cm³/mol. The Kier molecular flexibility index (Phi) is 1.92. The van der Waals surface area contributed by atoms with Crippen LogP contribution in [0.2, 0.25) is 0 Å². The molecule has 5 heteroatoms. The Balaban J connectivity index is 2.41. The van der Waals surface area contributed by atoms with Gasteiger partial charge in [-0.3, -0.25) is 4.79 Å². The highest BCUT2D eigenvalue weighted by Gasteiger charge is 2.75. The molecule has 0 amide bonds. The Morgan fingerprint density at radius 3 is 2.73 bits per heavy atom. The van der Waals surface area contributed by atoms with Crippen LogP contribution in [-0.2, 0) is 19.1 Å². The van der Waals surface area contributed by atoms with E-state index in [0.29, 0.717) is 12.7 Å². The molecule has 0 heterocycles. The van der Waals surface area contributed by atoms with Gasteiger partial charge in [-0.1, -0.05) is 6.08 Å². The molecule has 0 aliphatic heterocycles. The van der Waals surface area contributed by atoms with Crippen molar-refractivity contribution in [2.75, 3.05) is 7.11 Å². The van der Waals surface area contributed by atoms with E-state index in [9.17, 15) is 14.4 Å². The number of carbonyl (C=O) groups excluding carboxylic acids is 2. The van der Waals surface area contributed by atoms with Gasteiger partial charge in [-0.05, 0) is 12.3 Å². The van der Waals surface area contributed by atoms with Crippen molar-refractivity contribution in [2.45, 2.75) is 6.42 Å². The number of aldehydes is 1. The van der Waals surface area contributed by atoms with Gasteiger partial charge in [-0.15, -0.1) is 0 Å². The molecule has 0 aromatic carbocycles. The van der Waals surface area contributed by atoms with Gasteiger partial charge in [0.2, 0.25) is 0 Å². The lowest BCUT2D eigenvalue weighted by Gasteiger charge is -2.12. The van der Waals surface area contributed by atoms with Gasteiger partial charge in [0, 0.05) is 5.92 Å². The van der Waals surface area contributed by atoms with E-state index < -0.39 is 23.3 Å². The molecule has 2 aliphatic carbocycles. The summed E-state index contributed by atoms with van der Waals surface area (Å²) in [5.41, 5.74) is -1.18. The summed E-state index contributed by atoms with van der Waals surface area (Å²) in [5, 5.41) is 8.94. The normalized spacial score (nSPS) is 36.5. The van der Waals surface area contributed by atoms with E-state index in [1.54, 1.807) is 0 Å². The van der Waals surface area contributed by atoms with E-state index in [2.05, 4.69) is 4.74 Å². The lowest BCUT2D eigenvalue weighted by atomic mass is 9.94. The number of hydrogen-bond acceptors (Lipinski definition) is 4. The number of carboxylic acids is 1. The SMILES string of the molecule is COC(=O)[C@]12C(C(=O)O)=CC[C@H]1C2C=O. The van der Waals surface area contributed by atoms with Crippen LogP contribution in [0.5, 0.6) is 0 Å². The number of hydrogen-bond donors (Lipinski definition) is 1. The number of esters is 1. The van der Waals surface area contributed by atoms with Gasteiger partial charge < -0.3 is 14.6 Å². The molecular weight excluding hydrogens is 200 g/mol. The second-order valence-corrected chi connectivity index (χ2v) is 3.79. The molecule has 2 rings (SSSR count). The number of fused-ring (bicyclic) bond motifs is 1. The fraction of sp³-hybridized carbons (Fsp3) is 0.500. The monoisotopic (exact) mass is 210 g/mol. The first-order valence-corrected chi connectivity index (χ1v) is 4.58. The molecule has 3 atom stereocenters. The van der Waals surface area contributed by atoms with Gasteiger partial charge in [0.15, 0.2) is 0 Å². The molecule has 0 aromatic rings. The highest BCUT2D eigenvalue weighted by molar-refractivity contribution is 6.04. The Morgan fingerprint density at radius 1 is 1.67 bits per heavy atom. The zero-order chi connectivity index (χ0) is 11.2. The second kappa shape index (κ2) is 2.92. The van der Waals surface area contributed by atoms with Gasteiger partial charge in [0.05, 0.1) is 12.7 Å². The van der Waals surface area contributed by atoms with Crippen LogP contribution in [0.3, 0.4) is 0 Å². The lowest BCUT2D eigenvalue weighted by Crippen LogP contribution is -2.26. The standard InChI is InChI=1S/C10H10O5/c1-15-9(14)10-5(7(10)4-11)2-3-6(10)8(12)13/h3-5,7H,2H2,1H3,(H,12,13)/t5-,7?,10-/m0/s1. The zero-order valence-electron chi connectivity index (χ0n) is 8.10. The van der Waals surface area contributed by atoms with Crippen molar-refractivity contribution in [3.05, 3.63) is 11.6 Å². The predicted octanol–water partition coefficient (Wildman–Crippen LogP) is 0.00540. The van der Waals surface area contributed by atoms with Gasteiger partial charge in [-0.25, -0.2) is 4.79 Å². The molecule has 2 aliphatic rings. The van der Waals surface area contributed by atoms with Crippen molar-refractivity contribution >= 4 is 18.2 Å². The summed E-state index contributed by atoms with van der Waals surface area (Å²) in [7, 11) is 1.20. The number of carboxylic acid groups (broad SMARTS) is 1. The van der Waals surface area contributed by atoms with Crippen molar-refractivity contribution in [3.63, 3.8) is 0 Å². The average Bonchev–Trinajstić information content (AvgIpc) is 2.69. The maximum atomic E-state index is 11.6. The van der Waals surface area contributed by atoms with E-state index in [4.69, 9.17) is 5.11 Å². The van der Waals surface area contributed by atoms with Crippen molar-refractivity contribution < 1.29 is 24.2 Å². The number of ether oxygens (including phenoxy) is 1. The molecular formula is C10H10O5. The number of allylic oxidation sites excluding steroid dienone is 1.